The monoisotopic (exact) mass is 263 g/mol. The van der Waals surface area contributed by atoms with Crippen molar-refractivity contribution in [3.05, 3.63) is 40.8 Å². The molecule has 0 spiro atoms. The van der Waals surface area contributed by atoms with E-state index >= 15 is 0 Å². The van der Waals surface area contributed by atoms with Gasteiger partial charge in [0.25, 0.3) is 0 Å². The highest BCUT2D eigenvalue weighted by molar-refractivity contribution is 6.31. The Kier molecular flexibility index (Phi) is 3.79. The summed E-state index contributed by atoms with van der Waals surface area (Å²) >= 11 is 6.09. The summed E-state index contributed by atoms with van der Waals surface area (Å²) in [5, 5.41) is 0.636. The summed E-state index contributed by atoms with van der Waals surface area (Å²) in [6.07, 6.45) is 3.25. The minimum atomic E-state index is 0.317. The molecular weight excluding hydrogens is 250 g/mol. The van der Waals surface area contributed by atoms with Crippen molar-refractivity contribution in [2.45, 2.75) is 13.5 Å². The Morgan fingerprint density at radius 3 is 2.67 bits per heavy atom. The van der Waals surface area contributed by atoms with Gasteiger partial charge in [0.05, 0.1) is 18.5 Å². The molecule has 0 saturated heterocycles. The standard InChI is InChI=1S/C13H14ClN3O/c1-8-5-9(14)6-10(13(8)18-2)12-11(7-15)16-3-4-17-12/h3-6H,7,15H2,1-2H3. The maximum absolute atomic E-state index is 6.09. The summed E-state index contributed by atoms with van der Waals surface area (Å²) in [7, 11) is 1.62. The van der Waals surface area contributed by atoms with Crippen molar-refractivity contribution in [3.8, 4) is 17.0 Å². The Hall–Kier alpha value is -1.65. The van der Waals surface area contributed by atoms with Gasteiger partial charge in [-0.15, -0.1) is 0 Å². The van der Waals surface area contributed by atoms with Gasteiger partial charge in [-0.05, 0) is 24.6 Å². The predicted molar refractivity (Wildman–Crippen MR) is 71.7 cm³/mol. The highest BCUT2D eigenvalue weighted by Gasteiger charge is 2.14. The van der Waals surface area contributed by atoms with Gasteiger partial charge >= 0.3 is 0 Å². The van der Waals surface area contributed by atoms with Gasteiger partial charge in [0.1, 0.15) is 5.75 Å². The smallest absolute Gasteiger partial charge is 0.131 e. The van der Waals surface area contributed by atoms with Crippen LogP contribution in [0.5, 0.6) is 5.75 Å². The van der Waals surface area contributed by atoms with Crippen LogP contribution in [0, 0.1) is 6.92 Å². The first-order chi connectivity index (χ1) is 8.67. The molecule has 94 valence electrons. The highest BCUT2D eigenvalue weighted by Crippen LogP contribution is 2.35. The lowest BCUT2D eigenvalue weighted by molar-refractivity contribution is 0.413. The van der Waals surface area contributed by atoms with Gasteiger partial charge in [-0.1, -0.05) is 11.6 Å². The van der Waals surface area contributed by atoms with Crippen LogP contribution in [0.3, 0.4) is 0 Å². The zero-order chi connectivity index (χ0) is 13.1. The molecule has 0 unspecified atom stereocenters. The van der Waals surface area contributed by atoms with Crippen LogP contribution >= 0.6 is 11.6 Å². The van der Waals surface area contributed by atoms with E-state index in [1.807, 2.05) is 19.1 Å². The average molecular weight is 264 g/mol. The van der Waals surface area contributed by atoms with Crippen LogP contribution in [0.2, 0.25) is 5.02 Å². The van der Waals surface area contributed by atoms with E-state index in [9.17, 15) is 0 Å². The Morgan fingerprint density at radius 1 is 1.28 bits per heavy atom. The summed E-state index contributed by atoms with van der Waals surface area (Å²) in [5.41, 5.74) is 8.88. The van der Waals surface area contributed by atoms with Crippen molar-refractivity contribution in [2.75, 3.05) is 7.11 Å². The van der Waals surface area contributed by atoms with Crippen molar-refractivity contribution in [2.24, 2.45) is 5.73 Å². The summed E-state index contributed by atoms with van der Waals surface area (Å²) in [4.78, 5) is 8.55. The van der Waals surface area contributed by atoms with Gasteiger partial charge in [-0.25, -0.2) is 0 Å². The van der Waals surface area contributed by atoms with Crippen LogP contribution in [0.1, 0.15) is 11.3 Å². The minimum absolute atomic E-state index is 0.317. The molecule has 18 heavy (non-hydrogen) atoms. The average Bonchev–Trinajstić information content (AvgIpc) is 2.38. The maximum Gasteiger partial charge on any atom is 0.131 e. The molecule has 0 atom stereocenters. The number of aryl methyl sites for hydroxylation is 1. The lowest BCUT2D eigenvalue weighted by atomic mass is 10.0. The molecule has 5 heteroatoms. The minimum Gasteiger partial charge on any atom is -0.496 e. The van der Waals surface area contributed by atoms with E-state index in [1.54, 1.807) is 19.5 Å². The lowest BCUT2D eigenvalue weighted by Crippen LogP contribution is -2.04. The number of hydrogen-bond donors (Lipinski definition) is 1. The van der Waals surface area contributed by atoms with Crippen LogP contribution in [0.4, 0.5) is 0 Å². The van der Waals surface area contributed by atoms with Crippen LogP contribution in [0.15, 0.2) is 24.5 Å². The fourth-order valence-electron chi connectivity index (χ4n) is 1.92. The number of methoxy groups -OCH3 is 1. The first kappa shape index (κ1) is 12.8. The van der Waals surface area contributed by atoms with Crippen LogP contribution in [0.25, 0.3) is 11.3 Å². The molecule has 1 aromatic heterocycles. The molecule has 2 rings (SSSR count). The number of rotatable bonds is 3. The molecule has 0 amide bonds. The van der Waals surface area contributed by atoms with Crippen LogP contribution in [-0.4, -0.2) is 17.1 Å². The fraction of sp³-hybridized carbons (Fsp3) is 0.231. The molecule has 0 radical (unpaired) electrons. The molecule has 0 aliphatic heterocycles. The van der Waals surface area contributed by atoms with E-state index in [0.29, 0.717) is 17.3 Å². The topological polar surface area (TPSA) is 61.0 Å². The fourth-order valence-corrected chi connectivity index (χ4v) is 2.19. The van der Waals surface area contributed by atoms with E-state index in [4.69, 9.17) is 22.1 Å². The third-order valence-electron chi connectivity index (χ3n) is 2.67. The van der Waals surface area contributed by atoms with E-state index in [-0.39, 0.29) is 0 Å². The van der Waals surface area contributed by atoms with Crippen LogP contribution in [-0.2, 0) is 6.54 Å². The van der Waals surface area contributed by atoms with Gasteiger partial charge in [0.15, 0.2) is 0 Å². The highest BCUT2D eigenvalue weighted by atomic mass is 35.5. The summed E-state index contributed by atoms with van der Waals surface area (Å²) < 4.78 is 5.42. The summed E-state index contributed by atoms with van der Waals surface area (Å²) in [6.45, 7) is 2.25. The van der Waals surface area contributed by atoms with Gasteiger partial charge < -0.3 is 10.5 Å². The number of nitrogens with two attached hydrogens (primary N) is 1. The van der Waals surface area contributed by atoms with Crippen molar-refractivity contribution in [1.29, 1.82) is 0 Å². The second-order valence-electron chi connectivity index (χ2n) is 3.86. The number of ether oxygens (including phenoxy) is 1. The molecule has 1 aromatic carbocycles. The molecule has 0 aliphatic rings. The van der Waals surface area contributed by atoms with Crippen LogP contribution < -0.4 is 10.5 Å². The molecule has 0 saturated carbocycles. The predicted octanol–water partition coefficient (Wildman–Crippen LogP) is 2.57. The second-order valence-corrected chi connectivity index (χ2v) is 4.30. The Balaban J connectivity index is 2.70. The molecule has 1 heterocycles. The number of benzene rings is 1. The number of nitrogens with zero attached hydrogens (tertiary/aromatic N) is 2. The van der Waals surface area contributed by atoms with Crippen molar-refractivity contribution in [1.82, 2.24) is 9.97 Å². The van der Waals surface area contributed by atoms with Crippen molar-refractivity contribution < 1.29 is 4.74 Å². The Morgan fingerprint density at radius 2 is 2.00 bits per heavy atom. The van der Waals surface area contributed by atoms with Gasteiger partial charge in [0.2, 0.25) is 0 Å². The van der Waals surface area contributed by atoms with E-state index in [1.165, 1.54) is 0 Å². The number of halogens is 1. The zero-order valence-electron chi connectivity index (χ0n) is 10.3. The lowest BCUT2D eigenvalue weighted by Gasteiger charge is -2.13. The van der Waals surface area contributed by atoms with Gasteiger partial charge in [0, 0.05) is 29.5 Å². The van der Waals surface area contributed by atoms with E-state index < -0.39 is 0 Å². The maximum atomic E-state index is 6.09. The molecule has 2 N–H and O–H groups in total. The largest absolute Gasteiger partial charge is 0.496 e. The molecule has 0 bridgehead atoms. The third-order valence-corrected chi connectivity index (χ3v) is 2.88. The van der Waals surface area contributed by atoms with E-state index in [2.05, 4.69) is 9.97 Å². The molecule has 0 fully saturated rings. The van der Waals surface area contributed by atoms with E-state index in [0.717, 1.165) is 22.6 Å². The van der Waals surface area contributed by atoms with Crippen molar-refractivity contribution >= 4 is 11.6 Å². The Labute approximate surface area is 111 Å². The second kappa shape index (κ2) is 5.33. The van der Waals surface area contributed by atoms with Gasteiger partial charge in [-0.2, -0.15) is 0 Å². The quantitative estimate of drug-likeness (QED) is 0.925. The molecule has 4 nitrogen and oxygen atoms in total. The summed E-state index contributed by atoms with van der Waals surface area (Å²) in [5.74, 6) is 0.745. The first-order valence-corrected chi connectivity index (χ1v) is 5.89. The van der Waals surface area contributed by atoms with Crippen molar-refractivity contribution in [3.63, 3.8) is 0 Å². The first-order valence-electron chi connectivity index (χ1n) is 5.51. The third kappa shape index (κ3) is 2.30. The Bertz CT molecular complexity index is 572. The zero-order valence-corrected chi connectivity index (χ0v) is 11.0. The molecule has 2 aromatic rings. The number of aromatic nitrogens is 2. The SMILES string of the molecule is COc1c(C)cc(Cl)cc1-c1nccnc1CN. The molecular formula is C13H14ClN3O. The number of hydrogen-bond acceptors (Lipinski definition) is 4. The summed E-state index contributed by atoms with van der Waals surface area (Å²) in [6, 6.07) is 3.67. The molecule has 0 aliphatic carbocycles. The van der Waals surface area contributed by atoms with Gasteiger partial charge in [-0.3, -0.25) is 9.97 Å². The normalized spacial score (nSPS) is 10.4.